The molecule has 0 bridgehead atoms. The van der Waals surface area contributed by atoms with Crippen molar-refractivity contribution in [3.8, 4) is 5.75 Å². The monoisotopic (exact) mass is 349 g/mol. The van der Waals surface area contributed by atoms with E-state index < -0.39 is 0 Å². The number of amides is 1. The van der Waals surface area contributed by atoms with E-state index in [0.29, 0.717) is 17.9 Å². The minimum absolute atomic E-state index is 0.108. The van der Waals surface area contributed by atoms with E-state index in [2.05, 4.69) is 0 Å². The van der Waals surface area contributed by atoms with Crippen LogP contribution in [0.2, 0.25) is 0 Å². The number of carbonyl (C=O) groups excluding carboxylic acids is 1. The Balaban J connectivity index is 1.71. The first-order chi connectivity index (χ1) is 12.6. The summed E-state index contributed by atoms with van der Waals surface area (Å²) in [5.74, 6) is 0.122. The molecule has 26 heavy (non-hydrogen) atoms. The maximum absolute atomic E-state index is 13.0. The van der Waals surface area contributed by atoms with Gasteiger partial charge in [-0.05, 0) is 35.4 Å². The second kappa shape index (κ2) is 8.30. The molecule has 0 radical (unpaired) electrons. The zero-order valence-electron chi connectivity index (χ0n) is 14.6. The summed E-state index contributed by atoms with van der Waals surface area (Å²) < 4.78 is 18.8. The van der Waals surface area contributed by atoms with Crippen molar-refractivity contribution in [1.29, 1.82) is 0 Å². The number of ether oxygens (including phenoxy) is 1. The molecule has 4 heteroatoms. The maximum atomic E-state index is 13.0. The Kier molecular flexibility index (Phi) is 5.64. The van der Waals surface area contributed by atoms with Crippen LogP contribution in [0.1, 0.15) is 21.5 Å². The van der Waals surface area contributed by atoms with E-state index in [4.69, 9.17) is 4.74 Å². The average Bonchev–Trinajstić information content (AvgIpc) is 2.68. The second-order valence-corrected chi connectivity index (χ2v) is 6.06. The van der Waals surface area contributed by atoms with Gasteiger partial charge in [-0.1, -0.05) is 54.6 Å². The van der Waals surface area contributed by atoms with Crippen LogP contribution in [-0.4, -0.2) is 17.9 Å². The van der Waals surface area contributed by atoms with Gasteiger partial charge in [0.05, 0.1) is 5.56 Å². The summed E-state index contributed by atoms with van der Waals surface area (Å²) >= 11 is 0. The van der Waals surface area contributed by atoms with Crippen molar-refractivity contribution < 1.29 is 13.9 Å². The largest absolute Gasteiger partial charge is 0.488 e. The molecule has 0 aliphatic carbocycles. The van der Waals surface area contributed by atoms with Gasteiger partial charge >= 0.3 is 0 Å². The lowest BCUT2D eigenvalue weighted by atomic mass is 10.1. The summed E-state index contributed by atoms with van der Waals surface area (Å²) in [5, 5.41) is 0. The maximum Gasteiger partial charge on any atom is 0.257 e. The lowest BCUT2D eigenvalue weighted by Gasteiger charge is -2.19. The van der Waals surface area contributed by atoms with Crippen LogP contribution in [0.4, 0.5) is 4.39 Å². The molecule has 0 N–H and O–H groups in total. The molecule has 132 valence electrons. The zero-order chi connectivity index (χ0) is 18.4. The van der Waals surface area contributed by atoms with E-state index in [0.717, 1.165) is 11.1 Å². The van der Waals surface area contributed by atoms with E-state index in [1.807, 2.05) is 42.5 Å². The van der Waals surface area contributed by atoms with Crippen LogP contribution < -0.4 is 4.74 Å². The fraction of sp³-hybridized carbons (Fsp3) is 0.136. The number of hydrogen-bond donors (Lipinski definition) is 0. The third kappa shape index (κ3) is 4.48. The number of rotatable bonds is 6. The number of para-hydroxylation sites is 1. The Hall–Kier alpha value is -3.14. The first-order valence-corrected chi connectivity index (χ1v) is 8.39. The molecule has 0 atom stereocenters. The molecule has 3 aromatic rings. The minimum Gasteiger partial charge on any atom is -0.488 e. The molecule has 0 aliphatic heterocycles. The molecule has 0 aromatic heterocycles. The van der Waals surface area contributed by atoms with Crippen molar-refractivity contribution in [3.63, 3.8) is 0 Å². The van der Waals surface area contributed by atoms with Gasteiger partial charge in [0.1, 0.15) is 18.2 Å². The van der Waals surface area contributed by atoms with Gasteiger partial charge in [-0.15, -0.1) is 0 Å². The highest BCUT2D eigenvalue weighted by molar-refractivity contribution is 5.96. The van der Waals surface area contributed by atoms with Crippen molar-refractivity contribution in [3.05, 3.63) is 101 Å². The molecule has 0 heterocycles. The van der Waals surface area contributed by atoms with Gasteiger partial charge in [-0.2, -0.15) is 0 Å². The molecule has 3 nitrogen and oxygen atoms in total. The first kappa shape index (κ1) is 17.7. The van der Waals surface area contributed by atoms with Gasteiger partial charge in [0.25, 0.3) is 5.91 Å². The van der Waals surface area contributed by atoms with Gasteiger partial charge < -0.3 is 9.64 Å². The number of benzene rings is 3. The summed E-state index contributed by atoms with van der Waals surface area (Å²) in [7, 11) is 1.77. The van der Waals surface area contributed by atoms with Gasteiger partial charge in [-0.3, -0.25) is 4.79 Å². The van der Waals surface area contributed by atoms with Gasteiger partial charge in [0.15, 0.2) is 0 Å². The molecule has 0 fully saturated rings. The highest BCUT2D eigenvalue weighted by Gasteiger charge is 2.16. The average molecular weight is 349 g/mol. The molecule has 0 aliphatic rings. The molecule has 0 saturated carbocycles. The normalized spacial score (nSPS) is 10.4. The molecule has 0 unspecified atom stereocenters. The van der Waals surface area contributed by atoms with Crippen LogP contribution in [-0.2, 0) is 13.2 Å². The predicted molar refractivity (Wildman–Crippen MR) is 99.4 cm³/mol. The predicted octanol–water partition coefficient (Wildman–Crippen LogP) is 4.68. The number of hydrogen-bond acceptors (Lipinski definition) is 2. The molecular weight excluding hydrogens is 329 g/mol. The third-order valence-corrected chi connectivity index (χ3v) is 4.03. The zero-order valence-corrected chi connectivity index (χ0v) is 14.6. The summed E-state index contributed by atoms with van der Waals surface area (Å²) in [6.45, 7) is 0.791. The van der Waals surface area contributed by atoms with Gasteiger partial charge in [-0.25, -0.2) is 4.39 Å². The smallest absolute Gasteiger partial charge is 0.257 e. The highest BCUT2D eigenvalue weighted by Crippen LogP contribution is 2.21. The van der Waals surface area contributed by atoms with Crippen molar-refractivity contribution in [1.82, 2.24) is 4.90 Å². The Morgan fingerprint density at radius 3 is 2.27 bits per heavy atom. The standard InChI is InChI=1S/C22H20FNO2/c1-24(15-17-7-3-2-4-8-17)22(25)20-9-5-6-10-21(20)26-16-18-11-13-19(23)14-12-18/h2-14H,15-16H2,1H3. The van der Waals surface area contributed by atoms with Crippen LogP contribution >= 0.6 is 0 Å². The number of halogens is 1. The molecule has 1 amide bonds. The van der Waals surface area contributed by atoms with E-state index in [-0.39, 0.29) is 18.3 Å². The van der Waals surface area contributed by atoms with E-state index in [1.165, 1.54) is 12.1 Å². The minimum atomic E-state index is -0.285. The van der Waals surface area contributed by atoms with Crippen LogP contribution in [0.15, 0.2) is 78.9 Å². The van der Waals surface area contributed by atoms with Crippen molar-refractivity contribution >= 4 is 5.91 Å². The van der Waals surface area contributed by atoms with E-state index in [9.17, 15) is 9.18 Å². The molecule has 3 rings (SSSR count). The van der Waals surface area contributed by atoms with Crippen LogP contribution in [0.25, 0.3) is 0 Å². The van der Waals surface area contributed by atoms with Crippen LogP contribution in [0.3, 0.4) is 0 Å². The number of nitrogens with zero attached hydrogens (tertiary/aromatic N) is 1. The third-order valence-electron chi connectivity index (χ3n) is 4.03. The summed E-state index contributed by atoms with van der Waals surface area (Å²) in [6, 6.07) is 23.1. The van der Waals surface area contributed by atoms with E-state index in [1.54, 1.807) is 36.2 Å². The van der Waals surface area contributed by atoms with Crippen molar-refractivity contribution in [2.75, 3.05) is 7.05 Å². The lowest BCUT2D eigenvalue weighted by molar-refractivity contribution is 0.0780. The van der Waals surface area contributed by atoms with Crippen molar-refractivity contribution in [2.24, 2.45) is 0 Å². The number of carbonyl (C=O) groups is 1. The molecule has 3 aromatic carbocycles. The molecule has 0 spiro atoms. The highest BCUT2D eigenvalue weighted by atomic mass is 19.1. The van der Waals surface area contributed by atoms with Crippen LogP contribution in [0.5, 0.6) is 5.75 Å². The SMILES string of the molecule is CN(Cc1ccccc1)C(=O)c1ccccc1OCc1ccc(F)cc1. The quantitative estimate of drug-likeness (QED) is 0.647. The summed E-state index contributed by atoms with van der Waals surface area (Å²) in [4.78, 5) is 14.5. The van der Waals surface area contributed by atoms with Crippen molar-refractivity contribution in [2.45, 2.75) is 13.2 Å². The van der Waals surface area contributed by atoms with Gasteiger partial charge in [0.2, 0.25) is 0 Å². The molecular formula is C22H20FNO2. The Labute approximate surface area is 152 Å². The summed E-state index contributed by atoms with van der Waals surface area (Å²) in [6.07, 6.45) is 0. The fourth-order valence-corrected chi connectivity index (χ4v) is 2.65. The Morgan fingerprint density at radius 2 is 1.54 bits per heavy atom. The second-order valence-electron chi connectivity index (χ2n) is 6.06. The fourth-order valence-electron chi connectivity index (χ4n) is 2.65. The summed E-state index contributed by atoms with van der Waals surface area (Å²) in [5.41, 5.74) is 2.41. The van der Waals surface area contributed by atoms with Crippen LogP contribution in [0, 0.1) is 5.82 Å². The van der Waals surface area contributed by atoms with E-state index >= 15 is 0 Å². The van der Waals surface area contributed by atoms with Gasteiger partial charge in [0, 0.05) is 13.6 Å². The topological polar surface area (TPSA) is 29.5 Å². The Morgan fingerprint density at radius 1 is 0.885 bits per heavy atom. The molecule has 0 saturated heterocycles. The first-order valence-electron chi connectivity index (χ1n) is 8.39. The lowest BCUT2D eigenvalue weighted by Crippen LogP contribution is -2.26. The Bertz CT molecular complexity index is 863.